The summed E-state index contributed by atoms with van der Waals surface area (Å²) in [6.07, 6.45) is 2.62. The number of fused-ring (bicyclic) bond motifs is 1. The van der Waals surface area contributed by atoms with E-state index in [-0.39, 0.29) is 0 Å². The lowest BCUT2D eigenvalue weighted by Gasteiger charge is -2.41. The number of anilines is 1. The topological polar surface area (TPSA) is 15.3 Å². The first-order valence-electron chi connectivity index (χ1n) is 5.62. The van der Waals surface area contributed by atoms with Crippen LogP contribution in [0.3, 0.4) is 0 Å². The second-order valence-corrected chi connectivity index (χ2v) is 5.27. The fourth-order valence-corrected chi connectivity index (χ4v) is 2.86. The first-order valence-corrected chi connectivity index (χ1v) is 6.41. The van der Waals surface area contributed by atoms with Crippen molar-refractivity contribution < 1.29 is 0 Å². The predicted octanol–water partition coefficient (Wildman–Crippen LogP) is 3.01. The largest absolute Gasteiger partial charge is 0.385 e. The third-order valence-electron chi connectivity index (χ3n) is 3.44. The highest BCUT2D eigenvalue weighted by Gasteiger charge is 2.28. The van der Waals surface area contributed by atoms with Crippen molar-refractivity contribution in [2.75, 3.05) is 25.0 Å². The number of hydrogen-bond acceptors (Lipinski definition) is 2. The van der Waals surface area contributed by atoms with Crippen molar-refractivity contribution in [3.63, 3.8) is 0 Å². The Morgan fingerprint density at radius 2 is 2.20 bits per heavy atom. The second-order valence-electron chi connectivity index (χ2n) is 4.35. The third-order valence-corrected chi connectivity index (χ3v) is 3.93. The van der Waals surface area contributed by atoms with Gasteiger partial charge in [0.2, 0.25) is 0 Å². The molecule has 1 aromatic carbocycles. The molecule has 0 bridgehead atoms. The van der Waals surface area contributed by atoms with Crippen LogP contribution in [0.5, 0.6) is 0 Å². The van der Waals surface area contributed by atoms with Gasteiger partial charge >= 0.3 is 0 Å². The summed E-state index contributed by atoms with van der Waals surface area (Å²) in [6, 6.07) is 7.26. The van der Waals surface area contributed by atoms with E-state index >= 15 is 0 Å². The molecule has 1 N–H and O–H groups in total. The van der Waals surface area contributed by atoms with E-state index in [4.69, 9.17) is 0 Å². The molecule has 0 amide bonds. The summed E-state index contributed by atoms with van der Waals surface area (Å²) >= 11 is 3.52. The van der Waals surface area contributed by atoms with Crippen molar-refractivity contribution in [2.45, 2.75) is 18.9 Å². The van der Waals surface area contributed by atoms with Gasteiger partial charge < -0.3 is 5.32 Å². The molecule has 0 aromatic heterocycles. The lowest BCUT2D eigenvalue weighted by molar-refractivity contribution is 0.112. The number of hydrogen-bond donors (Lipinski definition) is 1. The van der Waals surface area contributed by atoms with Gasteiger partial charge in [0.25, 0.3) is 0 Å². The van der Waals surface area contributed by atoms with Crippen LogP contribution in [0.25, 0.3) is 0 Å². The van der Waals surface area contributed by atoms with Gasteiger partial charge in [0, 0.05) is 22.7 Å². The molecular formula is C12H15BrN2. The zero-order valence-corrected chi connectivity index (χ0v) is 10.3. The van der Waals surface area contributed by atoms with E-state index in [9.17, 15) is 0 Å². The van der Waals surface area contributed by atoms with E-state index in [1.165, 1.54) is 37.2 Å². The maximum atomic E-state index is 3.52. The lowest BCUT2D eigenvalue weighted by Crippen LogP contribution is -2.42. The van der Waals surface area contributed by atoms with Crippen molar-refractivity contribution in [1.82, 2.24) is 4.90 Å². The number of nitrogens with zero attached hydrogens (tertiary/aromatic N) is 1. The minimum Gasteiger partial charge on any atom is -0.385 e. The first kappa shape index (κ1) is 9.67. The summed E-state index contributed by atoms with van der Waals surface area (Å²) in [5.41, 5.74) is 2.79. The zero-order valence-electron chi connectivity index (χ0n) is 8.67. The number of nitrogens with one attached hydrogen (secondary N) is 1. The van der Waals surface area contributed by atoms with Gasteiger partial charge in [0.05, 0.1) is 0 Å². The Balaban J connectivity index is 1.95. The molecule has 80 valence electrons. The number of halogens is 1. The summed E-state index contributed by atoms with van der Waals surface area (Å²) in [7, 11) is 0. The summed E-state index contributed by atoms with van der Waals surface area (Å²) in [4.78, 5) is 2.59. The van der Waals surface area contributed by atoms with Crippen LogP contribution in [0.15, 0.2) is 22.7 Å². The Morgan fingerprint density at radius 3 is 2.93 bits per heavy atom. The Hall–Kier alpha value is -0.540. The average Bonchev–Trinajstić information content (AvgIpc) is 2.15. The van der Waals surface area contributed by atoms with E-state index in [2.05, 4.69) is 44.3 Å². The predicted molar refractivity (Wildman–Crippen MR) is 66.2 cm³/mol. The molecule has 1 saturated heterocycles. The van der Waals surface area contributed by atoms with Crippen LogP contribution in [0.4, 0.5) is 5.69 Å². The van der Waals surface area contributed by atoms with Crippen LogP contribution >= 0.6 is 15.9 Å². The third kappa shape index (κ3) is 1.68. The summed E-state index contributed by atoms with van der Waals surface area (Å²) in [5, 5.41) is 3.48. The maximum absolute atomic E-state index is 3.52. The van der Waals surface area contributed by atoms with E-state index in [0.717, 1.165) is 11.0 Å². The SMILES string of the molecule is Brc1ccc2c(c1)NCCC2N1CCC1. The molecule has 2 aliphatic rings. The quantitative estimate of drug-likeness (QED) is 0.841. The van der Waals surface area contributed by atoms with Gasteiger partial charge in [-0.2, -0.15) is 0 Å². The molecule has 3 heteroatoms. The zero-order chi connectivity index (χ0) is 10.3. The highest BCUT2D eigenvalue weighted by molar-refractivity contribution is 9.10. The maximum Gasteiger partial charge on any atom is 0.0400 e. The van der Waals surface area contributed by atoms with Gasteiger partial charge in [-0.15, -0.1) is 0 Å². The number of benzene rings is 1. The summed E-state index contributed by atoms with van der Waals surface area (Å²) < 4.78 is 1.16. The van der Waals surface area contributed by atoms with Crippen LogP contribution in [-0.4, -0.2) is 24.5 Å². The van der Waals surface area contributed by atoms with Crippen LogP contribution in [0.2, 0.25) is 0 Å². The Bertz CT molecular complexity index is 374. The molecule has 0 spiro atoms. The molecule has 1 aromatic rings. The highest BCUT2D eigenvalue weighted by Crippen LogP contribution is 2.37. The summed E-state index contributed by atoms with van der Waals surface area (Å²) in [6.45, 7) is 3.66. The average molecular weight is 267 g/mol. The molecule has 0 aliphatic carbocycles. The van der Waals surface area contributed by atoms with E-state index in [1.807, 2.05) is 0 Å². The minimum atomic E-state index is 0.656. The standard InChI is InChI=1S/C12H15BrN2/c13-9-2-3-10-11(8-9)14-5-4-12(10)15-6-1-7-15/h2-3,8,12,14H,1,4-7H2. The fourth-order valence-electron chi connectivity index (χ4n) is 2.50. The number of likely N-dealkylation sites (tertiary alicyclic amines) is 1. The van der Waals surface area contributed by atoms with E-state index < -0.39 is 0 Å². The molecule has 2 nitrogen and oxygen atoms in total. The normalized spacial score (nSPS) is 25.3. The van der Waals surface area contributed by atoms with Crippen molar-refractivity contribution in [3.05, 3.63) is 28.2 Å². The molecule has 0 radical (unpaired) electrons. The van der Waals surface area contributed by atoms with Crippen molar-refractivity contribution in [2.24, 2.45) is 0 Å². The highest BCUT2D eigenvalue weighted by atomic mass is 79.9. The molecule has 2 heterocycles. The van der Waals surface area contributed by atoms with Gasteiger partial charge in [-0.3, -0.25) is 4.90 Å². The van der Waals surface area contributed by atoms with Crippen LogP contribution in [0.1, 0.15) is 24.4 Å². The summed E-state index contributed by atoms with van der Waals surface area (Å²) in [5.74, 6) is 0. The monoisotopic (exact) mass is 266 g/mol. The smallest absolute Gasteiger partial charge is 0.0400 e. The minimum absolute atomic E-state index is 0.656. The van der Waals surface area contributed by atoms with Crippen LogP contribution in [-0.2, 0) is 0 Å². The molecule has 1 atom stereocenters. The Kier molecular flexibility index (Phi) is 2.45. The molecule has 3 rings (SSSR count). The molecule has 1 fully saturated rings. The van der Waals surface area contributed by atoms with Gasteiger partial charge in [-0.25, -0.2) is 0 Å². The van der Waals surface area contributed by atoms with Gasteiger partial charge in [0.1, 0.15) is 0 Å². The van der Waals surface area contributed by atoms with Crippen LogP contribution < -0.4 is 5.32 Å². The fraction of sp³-hybridized carbons (Fsp3) is 0.500. The van der Waals surface area contributed by atoms with Crippen molar-refractivity contribution in [1.29, 1.82) is 0 Å². The Labute approximate surface area is 98.8 Å². The lowest BCUT2D eigenvalue weighted by atomic mass is 9.94. The molecule has 15 heavy (non-hydrogen) atoms. The van der Waals surface area contributed by atoms with Crippen molar-refractivity contribution >= 4 is 21.6 Å². The van der Waals surface area contributed by atoms with E-state index in [0.29, 0.717) is 6.04 Å². The molecule has 1 unspecified atom stereocenters. The van der Waals surface area contributed by atoms with Crippen LogP contribution in [0, 0.1) is 0 Å². The molecule has 0 saturated carbocycles. The molecular weight excluding hydrogens is 252 g/mol. The van der Waals surface area contributed by atoms with Crippen molar-refractivity contribution in [3.8, 4) is 0 Å². The van der Waals surface area contributed by atoms with E-state index in [1.54, 1.807) is 0 Å². The number of rotatable bonds is 1. The Morgan fingerprint density at radius 1 is 1.33 bits per heavy atom. The first-order chi connectivity index (χ1) is 7.34. The van der Waals surface area contributed by atoms with Gasteiger partial charge in [-0.05, 0) is 43.6 Å². The molecule has 2 aliphatic heterocycles. The van der Waals surface area contributed by atoms with Gasteiger partial charge in [-0.1, -0.05) is 22.0 Å². The van der Waals surface area contributed by atoms with Gasteiger partial charge in [0.15, 0.2) is 0 Å². The second kappa shape index (κ2) is 3.80.